The van der Waals surface area contributed by atoms with Crippen molar-refractivity contribution >= 4 is 47.4 Å². The number of hydrogen-bond acceptors (Lipinski definition) is 4. The highest BCUT2D eigenvalue weighted by atomic mass is 127. The maximum atomic E-state index is 13.9. The molecule has 1 aliphatic rings. The number of aromatic nitrogens is 1. The summed E-state index contributed by atoms with van der Waals surface area (Å²) < 4.78 is 19.8. The number of hydrogen-bond donors (Lipinski definition) is 2. The van der Waals surface area contributed by atoms with E-state index in [9.17, 15) is 4.39 Å². The summed E-state index contributed by atoms with van der Waals surface area (Å²) in [6.45, 7) is 3.99. The average molecular weight is 534 g/mol. The number of ether oxygens (including phenoxy) is 1. The summed E-state index contributed by atoms with van der Waals surface area (Å²) in [5, 5.41) is 7.34. The van der Waals surface area contributed by atoms with Crippen molar-refractivity contribution in [1.82, 2.24) is 15.6 Å². The Morgan fingerprint density at radius 3 is 2.83 bits per heavy atom. The highest BCUT2D eigenvalue weighted by molar-refractivity contribution is 14.0. The fourth-order valence-electron chi connectivity index (χ4n) is 3.10. The van der Waals surface area contributed by atoms with E-state index in [0.717, 1.165) is 18.7 Å². The van der Waals surface area contributed by atoms with Gasteiger partial charge in [-0.05, 0) is 49.7 Å². The van der Waals surface area contributed by atoms with E-state index in [4.69, 9.17) is 16.3 Å². The molecule has 2 unspecified atom stereocenters. The molecule has 158 valence electrons. The predicted molar refractivity (Wildman–Crippen MR) is 126 cm³/mol. The Morgan fingerprint density at radius 2 is 2.14 bits per heavy atom. The summed E-state index contributed by atoms with van der Waals surface area (Å²) >= 11 is 5.89. The van der Waals surface area contributed by atoms with Gasteiger partial charge in [-0.15, -0.1) is 24.0 Å². The molecule has 1 aliphatic heterocycles. The molecule has 0 spiro atoms. The monoisotopic (exact) mass is 533 g/mol. The van der Waals surface area contributed by atoms with Gasteiger partial charge in [0.05, 0.1) is 6.54 Å². The van der Waals surface area contributed by atoms with Gasteiger partial charge in [0, 0.05) is 37.4 Å². The van der Waals surface area contributed by atoms with Gasteiger partial charge in [-0.1, -0.05) is 11.6 Å². The Kier molecular flexibility index (Phi) is 9.22. The quantitative estimate of drug-likeness (QED) is 0.337. The molecule has 2 N–H and O–H groups in total. The zero-order valence-electron chi connectivity index (χ0n) is 16.4. The molecule has 2 atom stereocenters. The molecule has 29 heavy (non-hydrogen) atoms. The van der Waals surface area contributed by atoms with Crippen molar-refractivity contribution in [2.75, 3.05) is 31.6 Å². The van der Waals surface area contributed by atoms with Crippen molar-refractivity contribution in [2.45, 2.75) is 25.5 Å². The number of aliphatic imine (C=N–C) groups is 1. The first-order valence-electron chi connectivity index (χ1n) is 9.30. The first-order valence-corrected chi connectivity index (χ1v) is 9.68. The lowest BCUT2D eigenvalue weighted by Crippen LogP contribution is -2.47. The van der Waals surface area contributed by atoms with Crippen LogP contribution in [0, 0.1) is 5.82 Å². The smallest absolute Gasteiger partial charge is 0.191 e. The standard InChI is InChI=1S/C20H25ClFN5O.HI/c1-14(28-17-7-5-15(21)6-8-17)12-25-20(23-2)26-16-9-11-27(13-16)19-18(22)4-3-10-24-19;/h3-8,10,14,16H,9,11-13H2,1-2H3,(H2,23,25,26);1H. The second-order valence-corrected chi connectivity index (χ2v) is 7.16. The van der Waals surface area contributed by atoms with Crippen molar-refractivity contribution in [3.05, 3.63) is 53.4 Å². The lowest BCUT2D eigenvalue weighted by atomic mass is 10.3. The van der Waals surface area contributed by atoms with Gasteiger partial charge in [0.15, 0.2) is 17.6 Å². The van der Waals surface area contributed by atoms with Crippen LogP contribution in [0.15, 0.2) is 47.6 Å². The molecule has 0 bridgehead atoms. The summed E-state index contributed by atoms with van der Waals surface area (Å²) in [6, 6.07) is 10.5. The van der Waals surface area contributed by atoms with Gasteiger partial charge in [0.25, 0.3) is 0 Å². The van der Waals surface area contributed by atoms with E-state index < -0.39 is 0 Å². The molecule has 1 saturated heterocycles. The minimum absolute atomic E-state index is 0. The van der Waals surface area contributed by atoms with Crippen LogP contribution >= 0.6 is 35.6 Å². The largest absolute Gasteiger partial charge is 0.489 e. The number of benzene rings is 1. The summed E-state index contributed by atoms with van der Waals surface area (Å²) in [5.41, 5.74) is 0. The molecule has 0 saturated carbocycles. The van der Waals surface area contributed by atoms with Gasteiger partial charge in [-0.3, -0.25) is 4.99 Å². The summed E-state index contributed by atoms with van der Waals surface area (Å²) in [4.78, 5) is 10.4. The third kappa shape index (κ3) is 6.88. The van der Waals surface area contributed by atoms with E-state index >= 15 is 0 Å². The van der Waals surface area contributed by atoms with Crippen LogP contribution in [0.1, 0.15) is 13.3 Å². The van der Waals surface area contributed by atoms with Crippen LogP contribution in [0.4, 0.5) is 10.2 Å². The van der Waals surface area contributed by atoms with E-state index in [2.05, 4.69) is 20.6 Å². The fourth-order valence-corrected chi connectivity index (χ4v) is 3.22. The van der Waals surface area contributed by atoms with Crippen molar-refractivity contribution in [1.29, 1.82) is 0 Å². The molecule has 2 aromatic rings. The minimum atomic E-state index is -0.293. The summed E-state index contributed by atoms with van der Waals surface area (Å²) in [7, 11) is 1.73. The molecule has 9 heteroatoms. The van der Waals surface area contributed by atoms with Crippen LogP contribution in [-0.2, 0) is 0 Å². The number of halogens is 3. The SMILES string of the molecule is CN=C(NCC(C)Oc1ccc(Cl)cc1)NC1CCN(c2ncccc2F)C1.I. The van der Waals surface area contributed by atoms with E-state index in [0.29, 0.717) is 29.9 Å². The van der Waals surface area contributed by atoms with Gasteiger partial charge in [0.1, 0.15) is 11.9 Å². The first kappa shape index (κ1) is 23.5. The molecule has 1 aromatic carbocycles. The van der Waals surface area contributed by atoms with Crippen LogP contribution in [0.2, 0.25) is 5.02 Å². The average Bonchev–Trinajstić information content (AvgIpc) is 3.15. The van der Waals surface area contributed by atoms with Crippen molar-refractivity contribution < 1.29 is 9.13 Å². The molecule has 3 rings (SSSR count). The van der Waals surface area contributed by atoms with Crippen LogP contribution in [0.5, 0.6) is 5.75 Å². The molecule has 0 amide bonds. The van der Waals surface area contributed by atoms with Crippen molar-refractivity contribution in [2.24, 2.45) is 4.99 Å². The zero-order valence-corrected chi connectivity index (χ0v) is 19.5. The number of pyridine rings is 1. The number of rotatable bonds is 6. The van der Waals surface area contributed by atoms with Crippen LogP contribution in [0.25, 0.3) is 0 Å². The van der Waals surface area contributed by atoms with Crippen molar-refractivity contribution in [3.63, 3.8) is 0 Å². The van der Waals surface area contributed by atoms with E-state index in [1.807, 2.05) is 24.0 Å². The molecule has 1 aromatic heterocycles. The second-order valence-electron chi connectivity index (χ2n) is 6.72. The molecule has 1 fully saturated rings. The highest BCUT2D eigenvalue weighted by Crippen LogP contribution is 2.20. The van der Waals surface area contributed by atoms with Crippen LogP contribution in [-0.4, -0.2) is 49.8 Å². The predicted octanol–water partition coefficient (Wildman–Crippen LogP) is 3.70. The van der Waals surface area contributed by atoms with Crippen molar-refractivity contribution in [3.8, 4) is 5.75 Å². The number of guanidine groups is 1. The Hall–Kier alpha value is -1.81. The van der Waals surface area contributed by atoms with Gasteiger partial charge in [0.2, 0.25) is 0 Å². The molecule has 0 radical (unpaired) electrons. The van der Waals surface area contributed by atoms with Crippen LogP contribution < -0.4 is 20.3 Å². The first-order chi connectivity index (χ1) is 13.5. The molecule has 6 nitrogen and oxygen atoms in total. The number of anilines is 1. The maximum absolute atomic E-state index is 13.9. The van der Waals surface area contributed by atoms with E-state index in [1.165, 1.54) is 6.07 Å². The van der Waals surface area contributed by atoms with Crippen LogP contribution in [0.3, 0.4) is 0 Å². The lowest BCUT2D eigenvalue weighted by molar-refractivity contribution is 0.223. The lowest BCUT2D eigenvalue weighted by Gasteiger charge is -2.21. The van der Waals surface area contributed by atoms with Gasteiger partial charge >= 0.3 is 0 Å². The summed E-state index contributed by atoms with van der Waals surface area (Å²) in [5.74, 6) is 1.57. The second kappa shape index (κ2) is 11.4. The van der Waals surface area contributed by atoms with Gasteiger partial charge < -0.3 is 20.3 Å². The zero-order chi connectivity index (χ0) is 19.9. The minimum Gasteiger partial charge on any atom is -0.489 e. The number of nitrogens with one attached hydrogen (secondary N) is 2. The molecular formula is C20H26ClFIN5O. The highest BCUT2D eigenvalue weighted by Gasteiger charge is 2.26. The van der Waals surface area contributed by atoms with E-state index in [-0.39, 0.29) is 41.9 Å². The molecular weight excluding hydrogens is 508 g/mol. The Bertz CT molecular complexity index is 808. The van der Waals surface area contributed by atoms with E-state index in [1.54, 1.807) is 31.4 Å². The number of nitrogens with zero attached hydrogens (tertiary/aromatic N) is 3. The molecule has 0 aliphatic carbocycles. The summed E-state index contributed by atoms with van der Waals surface area (Å²) in [6.07, 6.45) is 2.44. The maximum Gasteiger partial charge on any atom is 0.191 e. The Morgan fingerprint density at radius 1 is 1.38 bits per heavy atom. The topological polar surface area (TPSA) is 61.8 Å². The molecule has 2 heterocycles. The van der Waals surface area contributed by atoms with Gasteiger partial charge in [-0.2, -0.15) is 0 Å². The Balaban J connectivity index is 0.00000300. The Labute approximate surface area is 192 Å². The fraction of sp³-hybridized carbons (Fsp3) is 0.400. The van der Waals surface area contributed by atoms with Gasteiger partial charge in [-0.25, -0.2) is 9.37 Å². The third-order valence-corrected chi connectivity index (χ3v) is 4.75. The third-order valence-electron chi connectivity index (χ3n) is 4.50. The normalized spacial score (nSPS) is 17.4.